The van der Waals surface area contributed by atoms with Crippen LogP contribution in [0, 0.1) is 5.82 Å². The van der Waals surface area contributed by atoms with Crippen molar-refractivity contribution in [2.45, 2.75) is 37.8 Å². The van der Waals surface area contributed by atoms with Gasteiger partial charge in [0.15, 0.2) is 5.82 Å². The number of halogens is 2. The molecule has 0 aliphatic heterocycles. The van der Waals surface area contributed by atoms with E-state index in [1.807, 2.05) is 0 Å². The number of ether oxygens (including phenoxy) is 1. The Bertz CT molecular complexity index is 1390. The first kappa shape index (κ1) is 27.8. The predicted molar refractivity (Wildman–Crippen MR) is 141 cm³/mol. The van der Waals surface area contributed by atoms with Gasteiger partial charge in [-0.05, 0) is 43.9 Å². The Kier molecular flexibility index (Phi) is 9.20. The third-order valence-electron chi connectivity index (χ3n) is 6.01. The molecule has 1 aliphatic rings. The quantitative estimate of drug-likeness (QED) is 0.199. The maximum Gasteiger partial charge on any atom is 0.319 e. The first-order valence-electron chi connectivity index (χ1n) is 12.0. The average Bonchev–Trinajstić information content (AvgIpc) is 2.90. The summed E-state index contributed by atoms with van der Waals surface area (Å²) in [5.41, 5.74) is 1.55. The van der Waals surface area contributed by atoms with E-state index in [4.69, 9.17) is 11.6 Å². The molecule has 15 heteroatoms. The first-order valence-corrected chi connectivity index (χ1v) is 14.0. The minimum absolute atomic E-state index is 0.0153. The van der Waals surface area contributed by atoms with Crippen molar-refractivity contribution >= 4 is 56.1 Å². The van der Waals surface area contributed by atoms with E-state index < -0.39 is 21.8 Å². The molecule has 0 spiro atoms. The summed E-state index contributed by atoms with van der Waals surface area (Å²) in [5, 5.41) is 9.13. The van der Waals surface area contributed by atoms with Gasteiger partial charge in [-0.2, -0.15) is 0 Å². The number of anilines is 3. The van der Waals surface area contributed by atoms with E-state index in [0.717, 1.165) is 12.8 Å². The number of aromatic nitrogens is 4. The van der Waals surface area contributed by atoms with E-state index in [1.165, 1.54) is 25.6 Å². The van der Waals surface area contributed by atoms with E-state index >= 15 is 0 Å². The minimum Gasteiger partial charge on any atom is -0.468 e. The van der Waals surface area contributed by atoms with E-state index in [0.29, 0.717) is 41.3 Å². The number of hydrogen-bond acceptors (Lipinski definition) is 11. The zero-order chi connectivity index (χ0) is 27.1. The summed E-state index contributed by atoms with van der Waals surface area (Å²) in [7, 11) is -2.21. The standard InChI is InChI=1S/C23H28ClFN8O4S/c1-37-20(34)12-26-8-9-38(35,36)33-15-4-2-14(3-5-15)31-23-27-11-19-21(32-23)22(29-13-28-19)30-16-6-7-18(25)17(24)10-16/h6-7,10-11,13-15,26,33H,2-5,8-9,12H2,1H3,(H,27,31,32)(H,28,29,30). The topological polar surface area (TPSA) is 160 Å². The van der Waals surface area contributed by atoms with Crippen molar-refractivity contribution in [1.29, 1.82) is 0 Å². The Morgan fingerprint density at radius 3 is 2.66 bits per heavy atom. The molecule has 0 unspecified atom stereocenters. The summed E-state index contributed by atoms with van der Waals surface area (Å²) >= 11 is 5.88. The Morgan fingerprint density at radius 1 is 1.16 bits per heavy atom. The fourth-order valence-corrected chi connectivity index (χ4v) is 5.50. The number of fused-ring (bicyclic) bond motifs is 1. The van der Waals surface area contributed by atoms with E-state index in [9.17, 15) is 17.6 Å². The molecule has 0 bridgehead atoms. The fraction of sp³-hybridized carbons (Fsp3) is 0.435. The second-order valence-electron chi connectivity index (χ2n) is 8.79. The normalized spacial score (nSPS) is 17.8. The molecule has 0 saturated heterocycles. The number of rotatable bonds is 11. The van der Waals surface area contributed by atoms with Crippen LogP contribution in [0.15, 0.2) is 30.7 Å². The second kappa shape index (κ2) is 12.6. The zero-order valence-electron chi connectivity index (χ0n) is 20.6. The highest BCUT2D eigenvalue weighted by Gasteiger charge is 2.25. The largest absolute Gasteiger partial charge is 0.468 e. The number of benzene rings is 1. The van der Waals surface area contributed by atoms with Crippen molar-refractivity contribution < 1.29 is 22.3 Å². The molecule has 38 heavy (non-hydrogen) atoms. The number of sulfonamides is 1. The number of nitrogens with one attached hydrogen (secondary N) is 4. The molecule has 1 aromatic carbocycles. The van der Waals surface area contributed by atoms with Crippen molar-refractivity contribution in [2.75, 3.05) is 36.6 Å². The molecule has 1 aliphatic carbocycles. The number of carbonyl (C=O) groups excluding carboxylic acids is 1. The van der Waals surface area contributed by atoms with Gasteiger partial charge in [0.2, 0.25) is 16.0 Å². The molecule has 1 saturated carbocycles. The highest BCUT2D eigenvalue weighted by molar-refractivity contribution is 7.89. The van der Waals surface area contributed by atoms with Gasteiger partial charge in [-0.3, -0.25) is 4.79 Å². The molecular formula is C23H28ClFN8O4S. The lowest BCUT2D eigenvalue weighted by atomic mass is 9.92. The number of methoxy groups -OCH3 is 1. The van der Waals surface area contributed by atoms with Gasteiger partial charge < -0.3 is 20.7 Å². The number of carbonyl (C=O) groups is 1. The summed E-state index contributed by atoms with van der Waals surface area (Å²) in [6, 6.07) is 4.15. The molecule has 4 rings (SSSR count). The van der Waals surface area contributed by atoms with Gasteiger partial charge in [-0.25, -0.2) is 37.5 Å². The molecule has 2 aromatic heterocycles. The molecule has 12 nitrogen and oxygen atoms in total. The van der Waals surface area contributed by atoms with Crippen molar-refractivity contribution in [1.82, 2.24) is 30.0 Å². The maximum absolute atomic E-state index is 13.5. The highest BCUT2D eigenvalue weighted by atomic mass is 35.5. The predicted octanol–water partition coefficient (Wildman–Crippen LogP) is 2.36. The maximum atomic E-state index is 13.5. The van der Waals surface area contributed by atoms with Crippen LogP contribution in [0.25, 0.3) is 11.0 Å². The van der Waals surface area contributed by atoms with Gasteiger partial charge in [0.05, 0.1) is 30.6 Å². The molecule has 4 N–H and O–H groups in total. The Labute approximate surface area is 224 Å². The molecule has 0 amide bonds. The molecular weight excluding hydrogens is 539 g/mol. The van der Waals surface area contributed by atoms with Crippen molar-refractivity contribution in [2.24, 2.45) is 0 Å². The first-order chi connectivity index (χ1) is 18.2. The smallest absolute Gasteiger partial charge is 0.319 e. The van der Waals surface area contributed by atoms with Gasteiger partial charge in [0, 0.05) is 24.3 Å². The summed E-state index contributed by atoms with van der Waals surface area (Å²) < 4.78 is 45.5. The third-order valence-corrected chi connectivity index (χ3v) is 7.73. The van der Waals surface area contributed by atoms with Gasteiger partial charge >= 0.3 is 5.97 Å². The SMILES string of the molecule is COC(=O)CNCCS(=O)(=O)NC1CCC(Nc2ncc3ncnc(Nc4ccc(F)c(Cl)c4)c3n2)CC1. The lowest BCUT2D eigenvalue weighted by Crippen LogP contribution is -2.42. The molecule has 0 radical (unpaired) electrons. The van der Waals surface area contributed by atoms with Gasteiger partial charge in [-0.15, -0.1) is 0 Å². The molecule has 3 aromatic rings. The van der Waals surface area contributed by atoms with Crippen LogP contribution in [0.1, 0.15) is 25.7 Å². The van der Waals surface area contributed by atoms with E-state index in [1.54, 1.807) is 12.3 Å². The molecule has 204 valence electrons. The van der Waals surface area contributed by atoms with Crippen molar-refractivity contribution in [3.63, 3.8) is 0 Å². The Balaban J connectivity index is 1.32. The summed E-state index contributed by atoms with van der Waals surface area (Å²) in [4.78, 5) is 28.5. The van der Waals surface area contributed by atoms with Gasteiger partial charge in [0.1, 0.15) is 23.2 Å². The van der Waals surface area contributed by atoms with Crippen LogP contribution in [0.3, 0.4) is 0 Å². The van der Waals surface area contributed by atoms with E-state index in [-0.39, 0.29) is 35.9 Å². The van der Waals surface area contributed by atoms with Gasteiger partial charge in [0.25, 0.3) is 0 Å². The lowest BCUT2D eigenvalue weighted by molar-refractivity contribution is -0.139. The summed E-state index contributed by atoms with van der Waals surface area (Å²) in [5.74, 6) is -0.283. The summed E-state index contributed by atoms with van der Waals surface area (Å²) in [6.45, 7) is 0.110. The fourth-order valence-electron chi connectivity index (χ4n) is 4.05. The monoisotopic (exact) mass is 566 g/mol. The summed E-state index contributed by atoms with van der Waals surface area (Å²) in [6.07, 6.45) is 5.72. The lowest BCUT2D eigenvalue weighted by Gasteiger charge is -2.29. The molecule has 0 atom stereocenters. The van der Waals surface area contributed by atoms with Crippen LogP contribution < -0.4 is 20.7 Å². The van der Waals surface area contributed by atoms with Crippen LogP contribution in [-0.4, -0.2) is 72.4 Å². The highest BCUT2D eigenvalue weighted by Crippen LogP contribution is 2.26. The van der Waals surface area contributed by atoms with Crippen molar-refractivity contribution in [3.05, 3.63) is 41.6 Å². The van der Waals surface area contributed by atoms with Crippen LogP contribution >= 0.6 is 11.6 Å². The minimum atomic E-state index is -3.48. The van der Waals surface area contributed by atoms with Gasteiger partial charge in [-0.1, -0.05) is 11.6 Å². The van der Waals surface area contributed by atoms with Crippen molar-refractivity contribution in [3.8, 4) is 0 Å². The Hall–Kier alpha value is -3.20. The third kappa shape index (κ3) is 7.66. The van der Waals surface area contributed by atoms with Crippen LogP contribution in [0.2, 0.25) is 5.02 Å². The Morgan fingerprint density at radius 2 is 1.92 bits per heavy atom. The average molecular weight is 567 g/mol. The number of hydrogen-bond donors (Lipinski definition) is 4. The zero-order valence-corrected chi connectivity index (χ0v) is 22.1. The number of esters is 1. The van der Waals surface area contributed by atoms with Crippen LogP contribution in [0.4, 0.5) is 21.8 Å². The molecule has 2 heterocycles. The molecule has 1 fully saturated rings. The van der Waals surface area contributed by atoms with E-state index in [2.05, 4.69) is 45.3 Å². The second-order valence-corrected chi connectivity index (χ2v) is 11.1. The van der Waals surface area contributed by atoms with Crippen LogP contribution in [0.5, 0.6) is 0 Å². The van der Waals surface area contributed by atoms with Crippen LogP contribution in [-0.2, 0) is 19.6 Å². The number of nitrogens with zero attached hydrogens (tertiary/aromatic N) is 4.